The van der Waals surface area contributed by atoms with Crippen LogP contribution in [0.1, 0.15) is 13.8 Å². The average molecular weight is 261 g/mol. The first-order valence-corrected chi connectivity index (χ1v) is 7.09. The number of aromatic nitrogens is 1. The average Bonchev–Trinajstić information content (AvgIpc) is 2.31. The maximum absolute atomic E-state index is 11.9. The summed E-state index contributed by atoms with van der Waals surface area (Å²) < 4.78 is 11.9. The summed E-state index contributed by atoms with van der Waals surface area (Å²) in [5, 5.41) is 1.18. The Bertz CT molecular complexity index is 338. The minimum absolute atomic E-state index is 0.574. The van der Waals surface area contributed by atoms with Gasteiger partial charge in [0, 0.05) is 18.5 Å². The van der Waals surface area contributed by atoms with E-state index in [2.05, 4.69) is 23.7 Å². The molecule has 0 N–H and O–H groups in total. The molecule has 0 fully saturated rings. The molecule has 1 atom stereocenters. The minimum Gasteiger partial charge on any atom is -0.303 e. The Hall–Kier alpha value is -0.450. The summed E-state index contributed by atoms with van der Waals surface area (Å²) in [6, 6.07) is 3.44. The second-order valence-electron chi connectivity index (χ2n) is 3.39. The highest BCUT2D eigenvalue weighted by molar-refractivity contribution is 7.85. The Balaban J connectivity index is 2.49. The lowest BCUT2D eigenvalue weighted by Crippen LogP contribution is -2.27. The molecule has 1 aromatic rings. The van der Waals surface area contributed by atoms with Gasteiger partial charge >= 0.3 is 0 Å². The fourth-order valence-electron chi connectivity index (χ4n) is 1.35. The summed E-state index contributed by atoms with van der Waals surface area (Å²) in [7, 11) is -1.03. The van der Waals surface area contributed by atoms with Crippen LogP contribution in [0.4, 0.5) is 0 Å². The lowest BCUT2D eigenvalue weighted by Gasteiger charge is -2.16. The standard InChI is InChI=1S/C11H17ClN2OS/c1-3-14(4-2)7-8-16(15)11-6-5-10(12)9-13-11/h5-6,9H,3-4,7-8H2,1-2H3. The highest BCUT2D eigenvalue weighted by Crippen LogP contribution is 2.09. The molecule has 90 valence electrons. The van der Waals surface area contributed by atoms with E-state index < -0.39 is 10.8 Å². The maximum Gasteiger partial charge on any atom is 0.127 e. The Morgan fingerprint density at radius 2 is 2.06 bits per heavy atom. The molecule has 0 saturated carbocycles. The fourth-order valence-corrected chi connectivity index (χ4v) is 2.49. The van der Waals surface area contributed by atoms with Crippen molar-refractivity contribution in [2.75, 3.05) is 25.4 Å². The monoisotopic (exact) mass is 260 g/mol. The van der Waals surface area contributed by atoms with Gasteiger partial charge in [-0.25, -0.2) is 4.98 Å². The van der Waals surface area contributed by atoms with Crippen molar-refractivity contribution < 1.29 is 4.21 Å². The van der Waals surface area contributed by atoms with E-state index in [-0.39, 0.29) is 0 Å². The van der Waals surface area contributed by atoms with Gasteiger partial charge in [-0.15, -0.1) is 0 Å². The van der Waals surface area contributed by atoms with Crippen molar-refractivity contribution in [1.29, 1.82) is 0 Å². The fraction of sp³-hybridized carbons (Fsp3) is 0.545. The van der Waals surface area contributed by atoms with Gasteiger partial charge in [0.05, 0.1) is 15.8 Å². The number of hydrogen-bond donors (Lipinski definition) is 0. The van der Waals surface area contributed by atoms with E-state index in [9.17, 15) is 4.21 Å². The van der Waals surface area contributed by atoms with Crippen LogP contribution in [0.2, 0.25) is 5.02 Å². The zero-order chi connectivity index (χ0) is 12.0. The van der Waals surface area contributed by atoms with Crippen molar-refractivity contribution in [2.24, 2.45) is 0 Å². The first-order valence-electron chi connectivity index (χ1n) is 5.39. The highest BCUT2D eigenvalue weighted by atomic mass is 35.5. The molecule has 0 spiro atoms. The van der Waals surface area contributed by atoms with E-state index in [0.717, 1.165) is 19.6 Å². The van der Waals surface area contributed by atoms with Gasteiger partial charge in [0.15, 0.2) is 0 Å². The van der Waals surface area contributed by atoms with Crippen molar-refractivity contribution in [3.63, 3.8) is 0 Å². The zero-order valence-electron chi connectivity index (χ0n) is 9.65. The normalized spacial score (nSPS) is 13.0. The molecule has 3 nitrogen and oxygen atoms in total. The molecule has 0 aromatic carbocycles. The van der Waals surface area contributed by atoms with Gasteiger partial charge < -0.3 is 4.90 Å². The molecule has 5 heteroatoms. The first kappa shape index (κ1) is 13.6. The molecule has 1 unspecified atom stereocenters. The Morgan fingerprint density at radius 3 is 2.56 bits per heavy atom. The van der Waals surface area contributed by atoms with E-state index in [1.165, 1.54) is 6.20 Å². The largest absolute Gasteiger partial charge is 0.303 e. The second-order valence-corrected chi connectivity index (χ2v) is 5.35. The van der Waals surface area contributed by atoms with Crippen LogP contribution < -0.4 is 0 Å². The molecule has 1 heterocycles. The van der Waals surface area contributed by atoms with Gasteiger partial charge in [0.25, 0.3) is 0 Å². The number of rotatable bonds is 6. The number of halogens is 1. The molecular weight excluding hydrogens is 244 g/mol. The molecule has 0 aliphatic carbocycles. The Labute approximate surface area is 104 Å². The van der Waals surface area contributed by atoms with E-state index in [4.69, 9.17) is 11.6 Å². The van der Waals surface area contributed by atoms with Crippen LogP contribution >= 0.6 is 11.6 Å². The van der Waals surface area contributed by atoms with Gasteiger partial charge in [-0.05, 0) is 25.2 Å². The van der Waals surface area contributed by atoms with Crippen LogP contribution in [0.3, 0.4) is 0 Å². The molecule has 0 amide bonds. The van der Waals surface area contributed by atoms with E-state index in [1.807, 2.05) is 0 Å². The third kappa shape index (κ3) is 4.20. The molecule has 0 aliphatic rings. The molecule has 0 bridgehead atoms. The van der Waals surface area contributed by atoms with E-state index >= 15 is 0 Å². The van der Waals surface area contributed by atoms with E-state index in [0.29, 0.717) is 15.8 Å². The van der Waals surface area contributed by atoms with Crippen LogP contribution in [-0.2, 0) is 10.8 Å². The van der Waals surface area contributed by atoms with Crippen LogP contribution in [0.15, 0.2) is 23.4 Å². The molecule has 1 rings (SSSR count). The van der Waals surface area contributed by atoms with Crippen LogP contribution in [0.25, 0.3) is 0 Å². The minimum atomic E-state index is -1.03. The quantitative estimate of drug-likeness (QED) is 0.786. The summed E-state index contributed by atoms with van der Waals surface area (Å²) in [5.41, 5.74) is 0. The summed E-state index contributed by atoms with van der Waals surface area (Å²) in [6.45, 7) is 7.02. The number of pyridine rings is 1. The molecule has 0 aliphatic heterocycles. The molecule has 0 radical (unpaired) electrons. The van der Waals surface area contributed by atoms with Gasteiger partial charge in [0.1, 0.15) is 5.03 Å². The van der Waals surface area contributed by atoms with Crippen molar-refractivity contribution in [1.82, 2.24) is 9.88 Å². The van der Waals surface area contributed by atoms with E-state index in [1.54, 1.807) is 12.1 Å². The predicted octanol–water partition coefficient (Wildman–Crippen LogP) is 2.18. The summed E-state index contributed by atoms with van der Waals surface area (Å²) in [4.78, 5) is 6.30. The smallest absolute Gasteiger partial charge is 0.127 e. The zero-order valence-corrected chi connectivity index (χ0v) is 11.2. The molecular formula is C11H17ClN2OS. The van der Waals surface area contributed by atoms with Crippen molar-refractivity contribution in [2.45, 2.75) is 18.9 Å². The number of hydrogen-bond acceptors (Lipinski definition) is 3. The second kappa shape index (κ2) is 6.99. The third-order valence-corrected chi connectivity index (χ3v) is 3.91. The van der Waals surface area contributed by atoms with Gasteiger partial charge in [-0.3, -0.25) is 4.21 Å². The first-order chi connectivity index (χ1) is 7.67. The van der Waals surface area contributed by atoms with Gasteiger partial charge in [0.2, 0.25) is 0 Å². The summed E-state index contributed by atoms with van der Waals surface area (Å²) in [6.07, 6.45) is 1.53. The number of nitrogens with zero attached hydrogens (tertiary/aromatic N) is 2. The lowest BCUT2D eigenvalue weighted by atomic mass is 10.5. The Morgan fingerprint density at radius 1 is 1.38 bits per heavy atom. The molecule has 1 aromatic heterocycles. The summed E-state index contributed by atoms with van der Waals surface area (Å²) in [5.74, 6) is 0.621. The maximum atomic E-state index is 11.9. The van der Waals surface area contributed by atoms with Crippen molar-refractivity contribution >= 4 is 22.4 Å². The molecule has 0 saturated heterocycles. The Kier molecular flexibility index (Phi) is 5.95. The molecule has 16 heavy (non-hydrogen) atoms. The lowest BCUT2D eigenvalue weighted by molar-refractivity contribution is 0.323. The topological polar surface area (TPSA) is 33.2 Å². The van der Waals surface area contributed by atoms with Crippen molar-refractivity contribution in [3.05, 3.63) is 23.4 Å². The third-order valence-electron chi connectivity index (χ3n) is 2.42. The summed E-state index contributed by atoms with van der Waals surface area (Å²) >= 11 is 5.72. The van der Waals surface area contributed by atoms with Gasteiger partial charge in [-0.1, -0.05) is 25.4 Å². The van der Waals surface area contributed by atoms with Crippen LogP contribution in [-0.4, -0.2) is 39.5 Å². The predicted molar refractivity (Wildman–Crippen MR) is 68.3 cm³/mol. The van der Waals surface area contributed by atoms with Crippen LogP contribution in [0, 0.1) is 0 Å². The SMILES string of the molecule is CCN(CC)CCS(=O)c1ccc(Cl)cn1. The van der Waals surface area contributed by atoms with Gasteiger partial charge in [-0.2, -0.15) is 0 Å². The van der Waals surface area contributed by atoms with Crippen molar-refractivity contribution in [3.8, 4) is 0 Å². The van der Waals surface area contributed by atoms with Crippen LogP contribution in [0.5, 0.6) is 0 Å². The highest BCUT2D eigenvalue weighted by Gasteiger charge is 2.07.